The van der Waals surface area contributed by atoms with Crippen molar-refractivity contribution in [3.8, 4) is 0 Å². The molecular weight excluding hydrogens is 388 g/mol. The molecule has 1 aromatic carbocycles. The number of Topliss-reactive ketones (excluding diaryl/α,β-unsaturated/α-hetero) is 1. The molecule has 0 saturated heterocycles. The van der Waals surface area contributed by atoms with E-state index in [9.17, 15) is 24.5 Å². The lowest BCUT2D eigenvalue weighted by molar-refractivity contribution is -0.385. The third-order valence-electron chi connectivity index (χ3n) is 3.32. The van der Waals surface area contributed by atoms with E-state index in [1.807, 2.05) is 0 Å². The van der Waals surface area contributed by atoms with Gasteiger partial charge in [0.25, 0.3) is 17.5 Å². The van der Waals surface area contributed by atoms with Gasteiger partial charge in [-0.1, -0.05) is 6.07 Å². The first-order chi connectivity index (χ1) is 10.9. The third kappa shape index (κ3) is 2.57. The maximum Gasteiger partial charge on any atom is 0.282 e. The summed E-state index contributed by atoms with van der Waals surface area (Å²) in [5.41, 5.74) is -0.748. The third-order valence-corrected chi connectivity index (χ3v) is 4.99. The quantitative estimate of drug-likeness (QED) is 0.343. The molecule has 1 aliphatic rings. The van der Waals surface area contributed by atoms with E-state index >= 15 is 0 Å². The summed E-state index contributed by atoms with van der Waals surface area (Å²) in [6.45, 7) is -0.448. The first kappa shape index (κ1) is 15.5. The van der Waals surface area contributed by atoms with E-state index in [2.05, 4.69) is 15.9 Å². The molecule has 0 spiro atoms. The second kappa shape index (κ2) is 5.67. The summed E-state index contributed by atoms with van der Waals surface area (Å²) in [5, 5.41) is 11.0. The molecule has 2 heterocycles. The molecule has 0 saturated carbocycles. The topological polar surface area (TPSA) is 97.6 Å². The van der Waals surface area contributed by atoms with E-state index < -0.39 is 34.8 Å². The first-order valence-corrected chi connectivity index (χ1v) is 7.93. The van der Waals surface area contributed by atoms with Gasteiger partial charge in [0.1, 0.15) is 5.56 Å². The number of halogens is 1. The van der Waals surface area contributed by atoms with Crippen LogP contribution in [0.3, 0.4) is 0 Å². The monoisotopic (exact) mass is 394 g/mol. The van der Waals surface area contributed by atoms with Gasteiger partial charge in [0.05, 0.1) is 25.7 Å². The number of imide groups is 1. The van der Waals surface area contributed by atoms with Crippen LogP contribution >= 0.6 is 27.3 Å². The number of nitro benzene ring substituents is 1. The van der Waals surface area contributed by atoms with Crippen molar-refractivity contribution in [1.29, 1.82) is 0 Å². The van der Waals surface area contributed by atoms with Crippen molar-refractivity contribution in [1.82, 2.24) is 4.90 Å². The Hall–Kier alpha value is -2.39. The Morgan fingerprint density at radius 2 is 1.96 bits per heavy atom. The number of carbonyl (C=O) groups excluding carboxylic acids is 3. The lowest BCUT2D eigenvalue weighted by Gasteiger charge is -2.11. The average molecular weight is 395 g/mol. The number of thiophene rings is 1. The van der Waals surface area contributed by atoms with Crippen LogP contribution in [0, 0.1) is 10.1 Å². The first-order valence-electron chi connectivity index (χ1n) is 6.32. The summed E-state index contributed by atoms with van der Waals surface area (Å²) in [6, 6.07) is 7.10. The van der Waals surface area contributed by atoms with Gasteiger partial charge in [0.15, 0.2) is 5.78 Å². The summed E-state index contributed by atoms with van der Waals surface area (Å²) in [4.78, 5) is 48.2. The fourth-order valence-electron chi connectivity index (χ4n) is 2.30. The van der Waals surface area contributed by atoms with Crippen LogP contribution in [0.25, 0.3) is 0 Å². The molecule has 0 fully saturated rings. The molecule has 3 rings (SSSR count). The SMILES string of the molecule is O=C(CN1C(=O)c2cccc([N+](=O)[O-])c2C1=O)c1ccc(Br)s1. The normalized spacial score (nSPS) is 13.3. The highest BCUT2D eigenvalue weighted by atomic mass is 79.9. The fourth-order valence-corrected chi connectivity index (χ4v) is 3.61. The highest BCUT2D eigenvalue weighted by molar-refractivity contribution is 9.11. The van der Waals surface area contributed by atoms with Crippen LogP contribution in [0.15, 0.2) is 34.1 Å². The molecule has 2 amide bonds. The maximum absolute atomic E-state index is 12.3. The molecule has 2 aromatic rings. The lowest BCUT2D eigenvalue weighted by atomic mass is 10.1. The van der Waals surface area contributed by atoms with E-state index in [1.165, 1.54) is 23.5 Å². The number of rotatable bonds is 4. The Labute approximate surface area is 141 Å². The summed E-state index contributed by atoms with van der Waals surface area (Å²) in [5.74, 6) is -1.92. The van der Waals surface area contributed by atoms with Crippen molar-refractivity contribution in [2.75, 3.05) is 6.54 Å². The molecule has 0 N–H and O–H groups in total. The van der Waals surface area contributed by atoms with Crippen molar-refractivity contribution in [3.05, 3.63) is 60.2 Å². The maximum atomic E-state index is 12.3. The van der Waals surface area contributed by atoms with E-state index in [1.54, 1.807) is 12.1 Å². The van der Waals surface area contributed by atoms with Crippen LogP contribution in [0.1, 0.15) is 30.4 Å². The van der Waals surface area contributed by atoms with Crippen LogP contribution in [-0.4, -0.2) is 34.0 Å². The van der Waals surface area contributed by atoms with Crippen LogP contribution in [0.5, 0.6) is 0 Å². The zero-order valence-electron chi connectivity index (χ0n) is 11.3. The molecule has 0 radical (unpaired) electrons. The lowest BCUT2D eigenvalue weighted by Crippen LogP contribution is -2.34. The highest BCUT2D eigenvalue weighted by Gasteiger charge is 2.41. The number of nitro groups is 1. The second-order valence-corrected chi connectivity index (χ2v) is 7.14. The van der Waals surface area contributed by atoms with E-state index in [-0.39, 0.29) is 11.1 Å². The number of ketones is 1. The number of hydrogen-bond acceptors (Lipinski definition) is 6. The predicted molar refractivity (Wildman–Crippen MR) is 84.8 cm³/mol. The van der Waals surface area contributed by atoms with Gasteiger partial charge >= 0.3 is 0 Å². The molecule has 0 atom stereocenters. The Morgan fingerprint density at radius 3 is 2.57 bits per heavy atom. The smallest absolute Gasteiger partial charge is 0.282 e. The number of amides is 2. The minimum atomic E-state index is -0.818. The second-order valence-electron chi connectivity index (χ2n) is 4.68. The largest absolute Gasteiger partial charge is 0.291 e. The highest BCUT2D eigenvalue weighted by Crippen LogP contribution is 2.31. The van der Waals surface area contributed by atoms with Gasteiger partial charge in [0, 0.05) is 6.07 Å². The van der Waals surface area contributed by atoms with Crippen LogP contribution in [0.2, 0.25) is 0 Å². The number of carbonyl (C=O) groups is 3. The van der Waals surface area contributed by atoms with Crippen molar-refractivity contribution in [2.45, 2.75) is 0 Å². The van der Waals surface area contributed by atoms with Crippen molar-refractivity contribution in [2.24, 2.45) is 0 Å². The molecule has 1 aromatic heterocycles. The summed E-state index contributed by atoms with van der Waals surface area (Å²) >= 11 is 4.41. The van der Waals surface area contributed by atoms with Gasteiger partial charge in [-0.25, -0.2) is 0 Å². The number of hydrogen-bond donors (Lipinski definition) is 0. The van der Waals surface area contributed by atoms with Gasteiger partial charge in [-0.2, -0.15) is 0 Å². The van der Waals surface area contributed by atoms with Gasteiger partial charge < -0.3 is 0 Å². The molecule has 0 bridgehead atoms. The number of nitrogens with zero attached hydrogens (tertiary/aromatic N) is 2. The van der Waals surface area contributed by atoms with Crippen LogP contribution in [-0.2, 0) is 0 Å². The molecule has 116 valence electrons. The Morgan fingerprint density at radius 1 is 1.22 bits per heavy atom. The van der Waals surface area contributed by atoms with Crippen molar-refractivity contribution < 1.29 is 19.3 Å². The standard InChI is InChI=1S/C14H7BrN2O5S/c15-11-5-4-10(23-11)9(18)6-16-13(19)7-2-1-3-8(17(21)22)12(7)14(16)20/h1-5H,6H2. The van der Waals surface area contributed by atoms with E-state index in [0.29, 0.717) is 4.88 Å². The Balaban J connectivity index is 1.93. The van der Waals surface area contributed by atoms with Gasteiger partial charge in [0.2, 0.25) is 0 Å². The van der Waals surface area contributed by atoms with E-state index in [0.717, 1.165) is 14.8 Å². The molecule has 9 heteroatoms. The molecule has 0 aliphatic carbocycles. The predicted octanol–water partition coefficient (Wildman–Crippen LogP) is 2.90. The van der Waals surface area contributed by atoms with Crippen molar-refractivity contribution in [3.63, 3.8) is 0 Å². The molecule has 23 heavy (non-hydrogen) atoms. The molecular formula is C14H7BrN2O5S. The van der Waals surface area contributed by atoms with Crippen LogP contribution < -0.4 is 0 Å². The summed E-state index contributed by atoms with van der Waals surface area (Å²) < 4.78 is 0.749. The minimum Gasteiger partial charge on any atom is -0.291 e. The van der Waals surface area contributed by atoms with Gasteiger partial charge in [-0.05, 0) is 34.1 Å². The average Bonchev–Trinajstić information content (AvgIpc) is 3.05. The molecule has 1 aliphatic heterocycles. The molecule has 7 nitrogen and oxygen atoms in total. The van der Waals surface area contributed by atoms with Crippen molar-refractivity contribution >= 4 is 50.6 Å². The van der Waals surface area contributed by atoms with E-state index in [4.69, 9.17) is 0 Å². The Bertz CT molecular complexity index is 876. The summed E-state index contributed by atoms with van der Waals surface area (Å²) in [7, 11) is 0. The number of fused-ring (bicyclic) bond motifs is 1. The fraction of sp³-hybridized carbons (Fsp3) is 0.0714. The molecule has 0 unspecified atom stereocenters. The van der Waals surface area contributed by atoms with Crippen LogP contribution in [0.4, 0.5) is 5.69 Å². The number of benzene rings is 1. The zero-order chi connectivity index (χ0) is 16.7. The van der Waals surface area contributed by atoms with Gasteiger partial charge in [-0.15, -0.1) is 11.3 Å². The zero-order valence-corrected chi connectivity index (χ0v) is 13.7. The summed E-state index contributed by atoms with van der Waals surface area (Å²) in [6.07, 6.45) is 0. The Kier molecular flexibility index (Phi) is 3.82. The minimum absolute atomic E-state index is 0.0515. The van der Waals surface area contributed by atoms with Gasteiger partial charge in [-0.3, -0.25) is 29.4 Å².